The third-order valence-electron chi connectivity index (χ3n) is 2.99. The maximum Gasteiger partial charge on any atom is 0.0587 e. The van der Waals surface area contributed by atoms with Gasteiger partial charge in [-0.05, 0) is 11.1 Å². The van der Waals surface area contributed by atoms with Crippen molar-refractivity contribution in [2.75, 3.05) is 33.4 Å². The summed E-state index contributed by atoms with van der Waals surface area (Å²) in [5.41, 5.74) is 2.97. The Morgan fingerprint density at radius 1 is 1.19 bits per heavy atom. The zero-order valence-corrected chi connectivity index (χ0v) is 9.91. The van der Waals surface area contributed by atoms with Crippen molar-refractivity contribution in [3.63, 3.8) is 0 Å². The fourth-order valence-corrected chi connectivity index (χ4v) is 2.10. The highest BCUT2D eigenvalue weighted by Crippen LogP contribution is 2.21. The van der Waals surface area contributed by atoms with Crippen LogP contribution < -0.4 is 5.32 Å². The Labute approximate surface area is 97.4 Å². The minimum absolute atomic E-state index is 0.792. The average Bonchev–Trinajstić information content (AvgIpc) is 2.71. The maximum atomic E-state index is 4.99. The average molecular weight is 220 g/mol. The molecule has 3 heteroatoms. The van der Waals surface area contributed by atoms with E-state index in [2.05, 4.69) is 34.5 Å². The number of rotatable bonds is 6. The van der Waals surface area contributed by atoms with Gasteiger partial charge in [0.1, 0.15) is 0 Å². The van der Waals surface area contributed by atoms with Gasteiger partial charge in [0, 0.05) is 39.8 Å². The van der Waals surface area contributed by atoms with Gasteiger partial charge in [-0.25, -0.2) is 0 Å². The number of nitrogens with one attached hydrogen (secondary N) is 1. The van der Waals surface area contributed by atoms with E-state index < -0.39 is 0 Å². The van der Waals surface area contributed by atoms with Crippen LogP contribution in [0, 0.1) is 0 Å². The molecule has 1 N–H and O–H groups in total. The number of hydrogen-bond acceptors (Lipinski definition) is 3. The van der Waals surface area contributed by atoms with Gasteiger partial charge in [-0.15, -0.1) is 0 Å². The van der Waals surface area contributed by atoms with Crippen molar-refractivity contribution >= 4 is 0 Å². The Balaban J connectivity index is 1.67. The number of benzene rings is 1. The summed E-state index contributed by atoms with van der Waals surface area (Å²) in [5.74, 6) is 0. The summed E-state index contributed by atoms with van der Waals surface area (Å²) in [6.45, 7) is 6.08. The van der Waals surface area contributed by atoms with Crippen molar-refractivity contribution in [3.8, 4) is 0 Å². The minimum Gasteiger partial charge on any atom is -0.383 e. The first-order valence-corrected chi connectivity index (χ1v) is 5.89. The van der Waals surface area contributed by atoms with E-state index in [1.807, 2.05) is 0 Å². The van der Waals surface area contributed by atoms with E-state index in [0.29, 0.717) is 0 Å². The lowest BCUT2D eigenvalue weighted by atomic mass is 10.1. The predicted molar refractivity (Wildman–Crippen MR) is 65.3 cm³/mol. The van der Waals surface area contributed by atoms with Crippen LogP contribution in [0.3, 0.4) is 0 Å². The zero-order chi connectivity index (χ0) is 11.2. The van der Waals surface area contributed by atoms with Gasteiger partial charge in [-0.3, -0.25) is 4.90 Å². The van der Waals surface area contributed by atoms with Crippen molar-refractivity contribution in [2.45, 2.75) is 13.1 Å². The third-order valence-corrected chi connectivity index (χ3v) is 2.99. The Bertz CT molecular complexity index is 302. The molecule has 88 valence electrons. The van der Waals surface area contributed by atoms with Crippen molar-refractivity contribution in [3.05, 3.63) is 35.4 Å². The van der Waals surface area contributed by atoms with Gasteiger partial charge >= 0.3 is 0 Å². The molecule has 0 aliphatic carbocycles. The summed E-state index contributed by atoms with van der Waals surface area (Å²) < 4.78 is 4.99. The lowest BCUT2D eigenvalue weighted by Gasteiger charge is -2.14. The van der Waals surface area contributed by atoms with Crippen LogP contribution in [0.25, 0.3) is 0 Å². The number of methoxy groups -OCH3 is 1. The van der Waals surface area contributed by atoms with Crippen molar-refractivity contribution in [2.24, 2.45) is 0 Å². The summed E-state index contributed by atoms with van der Waals surface area (Å²) in [6.07, 6.45) is 0. The first kappa shape index (κ1) is 11.6. The van der Waals surface area contributed by atoms with Crippen LogP contribution in [0.4, 0.5) is 0 Å². The number of nitrogens with zero attached hydrogens (tertiary/aromatic N) is 1. The van der Waals surface area contributed by atoms with Crippen LogP contribution in [0.1, 0.15) is 11.1 Å². The second-order valence-electron chi connectivity index (χ2n) is 4.22. The van der Waals surface area contributed by atoms with Crippen LogP contribution in [-0.4, -0.2) is 38.3 Å². The summed E-state index contributed by atoms with van der Waals surface area (Å²) in [4.78, 5) is 2.48. The Morgan fingerprint density at radius 3 is 2.50 bits per heavy atom. The van der Waals surface area contributed by atoms with Crippen LogP contribution in [-0.2, 0) is 17.8 Å². The molecule has 0 saturated heterocycles. The van der Waals surface area contributed by atoms with Crippen LogP contribution in [0.5, 0.6) is 0 Å². The summed E-state index contributed by atoms with van der Waals surface area (Å²) in [7, 11) is 1.73. The second-order valence-corrected chi connectivity index (χ2v) is 4.22. The van der Waals surface area contributed by atoms with Crippen molar-refractivity contribution in [1.82, 2.24) is 10.2 Å². The van der Waals surface area contributed by atoms with E-state index in [-0.39, 0.29) is 0 Å². The molecule has 0 bridgehead atoms. The highest BCUT2D eigenvalue weighted by Gasteiger charge is 2.16. The Hall–Kier alpha value is -0.900. The van der Waals surface area contributed by atoms with Crippen molar-refractivity contribution in [1.29, 1.82) is 0 Å². The molecule has 0 atom stereocenters. The van der Waals surface area contributed by atoms with E-state index in [1.54, 1.807) is 7.11 Å². The number of fused-ring (bicyclic) bond motifs is 1. The van der Waals surface area contributed by atoms with Gasteiger partial charge in [-0.2, -0.15) is 0 Å². The van der Waals surface area contributed by atoms with Gasteiger partial charge < -0.3 is 10.1 Å². The van der Waals surface area contributed by atoms with Crippen molar-refractivity contribution < 1.29 is 4.74 Å². The topological polar surface area (TPSA) is 24.5 Å². The molecule has 0 radical (unpaired) electrons. The molecule has 16 heavy (non-hydrogen) atoms. The molecule has 0 spiro atoms. The molecule has 0 unspecified atom stereocenters. The summed E-state index contributed by atoms with van der Waals surface area (Å²) >= 11 is 0. The smallest absolute Gasteiger partial charge is 0.0587 e. The minimum atomic E-state index is 0.792. The molecule has 1 aromatic carbocycles. The van der Waals surface area contributed by atoms with Gasteiger partial charge in [0.05, 0.1) is 6.61 Å². The second kappa shape index (κ2) is 5.99. The lowest BCUT2D eigenvalue weighted by molar-refractivity contribution is 0.196. The number of ether oxygens (including phenoxy) is 1. The fourth-order valence-electron chi connectivity index (χ4n) is 2.10. The fraction of sp³-hybridized carbons (Fsp3) is 0.538. The molecular formula is C13H20N2O. The quantitative estimate of drug-likeness (QED) is 0.730. The molecule has 1 aliphatic heterocycles. The molecule has 3 nitrogen and oxygen atoms in total. The van der Waals surface area contributed by atoms with Crippen LogP contribution in [0.15, 0.2) is 24.3 Å². The van der Waals surface area contributed by atoms with Crippen LogP contribution in [0.2, 0.25) is 0 Å². The molecule has 1 aromatic rings. The summed E-state index contributed by atoms with van der Waals surface area (Å²) in [5, 5.41) is 3.37. The van der Waals surface area contributed by atoms with Crippen LogP contribution >= 0.6 is 0 Å². The summed E-state index contributed by atoms with van der Waals surface area (Å²) in [6, 6.07) is 8.71. The third kappa shape index (κ3) is 3.04. The lowest BCUT2D eigenvalue weighted by Crippen LogP contribution is -2.30. The molecule has 0 aromatic heterocycles. The Morgan fingerprint density at radius 2 is 1.88 bits per heavy atom. The monoisotopic (exact) mass is 220 g/mol. The van der Waals surface area contributed by atoms with E-state index in [0.717, 1.165) is 39.3 Å². The highest BCUT2D eigenvalue weighted by atomic mass is 16.5. The standard InChI is InChI=1S/C13H20N2O/c1-16-9-7-14-6-8-15-10-12-4-2-3-5-13(12)11-15/h2-5,14H,6-11H2,1H3. The molecule has 0 fully saturated rings. The molecule has 0 amide bonds. The van der Waals surface area contributed by atoms with E-state index in [4.69, 9.17) is 4.74 Å². The van der Waals surface area contributed by atoms with Gasteiger partial charge in [0.25, 0.3) is 0 Å². The molecule has 1 aliphatic rings. The SMILES string of the molecule is COCCNCCN1Cc2ccccc2C1. The largest absolute Gasteiger partial charge is 0.383 e. The van der Waals surface area contributed by atoms with Gasteiger partial charge in [0.15, 0.2) is 0 Å². The van der Waals surface area contributed by atoms with E-state index in [1.165, 1.54) is 11.1 Å². The Kier molecular flexibility index (Phi) is 4.34. The molecule has 1 heterocycles. The van der Waals surface area contributed by atoms with Gasteiger partial charge in [-0.1, -0.05) is 24.3 Å². The normalized spacial score (nSPS) is 15.3. The molecule has 0 saturated carbocycles. The molecule has 2 rings (SSSR count). The van der Waals surface area contributed by atoms with E-state index >= 15 is 0 Å². The first-order chi connectivity index (χ1) is 7.90. The number of hydrogen-bond donors (Lipinski definition) is 1. The predicted octanol–water partition coefficient (Wildman–Crippen LogP) is 1.24. The van der Waals surface area contributed by atoms with Gasteiger partial charge in [0.2, 0.25) is 0 Å². The maximum absolute atomic E-state index is 4.99. The highest BCUT2D eigenvalue weighted by molar-refractivity contribution is 5.30. The molecular weight excluding hydrogens is 200 g/mol. The zero-order valence-electron chi connectivity index (χ0n) is 9.91. The van der Waals surface area contributed by atoms with E-state index in [9.17, 15) is 0 Å². The first-order valence-electron chi connectivity index (χ1n) is 5.89.